The lowest BCUT2D eigenvalue weighted by molar-refractivity contribution is 0.104. The molecule has 0 amide bonds. The molecule has 0 fully saturated rings. The Kier molecular flexibility index (Phi) is 5.45. The van der Waals surface area contributed by atoms with Crippen molar-refractivity contribution in [3.63, 3.8) is 0 Å². The molecule has 0 bridgehead atoms. The summed E-state index contributed by atoms with van der Waals surface area (Å²) in [5.41, 5.74) is 3.48. The molecule has 0 saturated heterocycles. The van der Waals surface area contributed by atoms with Crippen molar-refractivity contribution in [1.82, 2.24) is 4.57 Å². The highest BCUT2D eigenvalue weighted by molar-refractivity contribution is 6.21. The Bertz CT molecular complexity index is 1180. The van der Waals surface area contributed by atoms with E-state index in [1.165, 1.54) is 0 Å². The maximum Gasteiger partial charge on any atom is 0.195 e. The van der Waals surface area contributed by atoms with Gasteiger partial charge in [0.15, 0.2) is 5.78 Å². The number of aliphatic hydroxyl groups is 1. The van der Waals surface area contributed by atoms with Crippen LogP contribution in [0.2, 0.25) is 0 Å². The van der Waals surface area contributed by atoms with E-state index in [2.05, 4.69) is 0 Å². The Morgan fingerprint density at radius 2 is 1.66 bits per heavy atom. The summed E-state index contributed by atoms with van der Waals surface area (Å²) in [4.78, 5) is 13.5. The lowest BCUT2D eigenvalue weighted by Gasteiger charge is -2.08. The summed E-state index contributed by atoms with van der Waals surface area (Å²) in [6.07, 6.45) is 2.01. The normalized spacial score (nSPS) is 12.5. The summed E-state index contributed by atoms with van der Waals surface area (Å²) < 4.78 is 14.5. The van der Waals surface area contributed by atoms with Gasteiger partial charge in [0.1, 0.15) is 6.67 Å². The van der Waals surface area contributed by atoms with Crippen LogP contribution in [0.3, 0.4) is 0 Å². The molecule has 4 rings (SSSR count). The number of nitrogens with zero attached hydrogens (tertiary/aromatic N) is 1. The zero-order valence-corrected chi connectivity index (χ0v) is 16.4. The van der Waals surface area contributed by atoms with Gasteiger partial charge in [-0.25, -0.2) is 4.39 Å². The molecule has 0 aliphatic heterocycles. The van der Waals surface area contributed by atoms with Crippen molar-refractivity contribution in [1.29, 1.82) is 0 Å². The summed E-state index contributed by atoms with van der Waals surface area (Å²) in [5.74, 6) is -0.0000529. The van der Waals surface area contributed by atoms with Crippen molar-refractivity contribution < 1.29 is 14.3 Å². The van der Waals surface area contributed by atoms with Crippen LogP contribution in [0, 0.1) is 6.92 Å². The number of carbonyl (C=O) groups is 1. The van der Waals surface area contributed by atoms with Gasteiger partial charge in [-0.3, -0.25) is 4.79 Å². The summed E-state index contributed by atoms with van der Waals surface area (Å²) in [6.45, 7) is 1.95. The van der Waals surface area contributed by atoms with Crippen LogP contribution in [0.1, 0.15) is 34.3 Å². The smallest absolute Gasteiger partial charge is 0.195 e. The Morgan fingerprint density at radius 1 is 0.966 bits per heavy atom. The summed E-state index contributed by atoms with van der Waals surface area (Å²) in [5, 5.41) is 12.4. The summed E-state index contributed by atoms with van der Waals surface area (Å²) in [6, 6.07) is 19.7. The third kappa shape index (κ3) is 3.68. The number of benzene rings is 3. The molecular formula is C25H24FNO2. The molecule has 4 heteroatoms. The molecule has 0 spiro atoms. The van der Waals surface area contributed by atoms with Gasteiger partial charge in [-0.15, -0.1) is 0 Å². The zero-order chi connectivity index (χ0) is 20.4. The highest BCUT2D eigenvalue weighted by atomic mass is 19.1. The van der Waals surface area contributed by atoms with E-state index in [-0.39, 0.29) is 5.78 Å². The van der Waals surface area contributed by atoms with Crippen LogP contribution < -0.4 is 0 Å². The lowest BCUT2D eigenvalue weighted by atomic mass is 9.95. The van der Waals surface area contributed by atoms with E-state index in [0.717, 1.165) is 27.2 Å². The molecule has 4 aromatic rings. The van der Waals surface area contributed by atoms with Crippen LogP contribution in [-0.2, 0) is 6.54 Å². The minimum Gasteiger partial charge on any atom is -0.390 e. The lowest BCUT2D eigenvalue weighted by Crippen LogP contribution is -2.10. The first-order valence-corrected chi connectivity index (χ1v) is 9.95. The van der Waals surface area contributed by atoms with Gasteiger partial charge in [0.25, 0.3) is 0 Å². The Morgan fingerprint density at radius 3 is 2.41 bits per heavy atom. The van der Waals surface area contributed by atoms with Gasteiger partial charge in [-0.1, -0.05) is 54.6 Å². The van der Waals surface area contributed by atoms with Crippen molar-refractivity contribution in [2.24, 2.45) is 0 Å². The van der Waals surface area contributed by atoms with Crippen molar-refractivity contribution >= 4 is 27.5 Å². The molecule has 148 valence electrons. The molecule has 1 aromatic heterocycles. The molecular weight excluding hydrogens is 365 g/mol. The van der Waals surface area contributed by atoms with E-state index in [1.807, 2.05) is 78.4 Å². The van der Waals surface area contributed by atoms with Crippen LogP contribution in [0.25, 0.3) is 21.7 Å². The van der Waals surface area contributed by atoms with Gasteiger partial charge >= 0.3 is 0 Å². The summed E-state index contributed by atoms with van der Waals surface area (Å²) in [7, 11) is 0. The quantitative estimate of drug-likeness (QED) is 0.427. The number of fused-ring (bicyclic) bond motifs is 2. The first-order valence-electron chi connectivity index (χ1n) is 9.95. The molecule has 0 aliphatic rings. The average molecular weight is 389 g/mol. The number of aryl methyl sites for hydroxylation is 2. The standard InChI is InChI=1S/C25H24FNO2/c1-17-12-13-22(20-9-3-2-8-19(17)20)25(29)23-16-27(14-6-7-18(28)15-26)24-11-5-4-10-21(23)24/h2-5,8-13,16,18,28H,6-7,14-15H2,1H3/t18-/m0/s1. The summed E-state index contributed by atoms with van der Waals surface area (Å²) >= 11 is 0. The molecule has 1 N–H and O–H groups in total. The van der Waals surface area contributed by atoms with E-state index >= 15 is 0 Å². The van der Waals surface area contributed by atoms with Gasteiger partial charge in [-0.05, 0) is 42.2 Å². The fourth-order valence-corrected chi connectivity index (χ4v) is 3.98. The third-order valence-corrected chi connectivity index (χ3v) is 5.53. The topological polar surface area (TPSA) is 42.2 Å². The van der Waals surface area contributed by atoms with Crippen LogP contribution >= 0.6 is 0 Å². The predicted molar refractivity (Wildman–Crippen MR) is 115 cm³/mol. The SMILES string of the molecule is Cc1ccc(C(=O)c2cn(CCC[C@H](O)CF)c3ccccc23)c2ccccc12. The number of carbonyl (C=O) groups excluding carboxylic acids is 1. The second kappa shape index (κ2) is 8.18. The number of aromatic nitrogens is 1. The van der Waals surface area contributed by atoms with Crippen LogP contribution in [0.5, 0.6) is 0 Å². The number of aliphatic hydroxyl groups excluding tert-OH is 1. The second-order valence-electron chi connectivity index (χ2n) is 7.51. The van der Waals surface area contributed by atoms with Gasteiger partial charge in [0, 0.05) is 34.8 Å². The highest BCUT2D eigenvalue weighted by Crippen LogP contribution is 2.29. The fraction of sp³-hybridized carbons (Fsp3) is 0.240. The second-order valence-corrected chi connectivity index (χ2v) is 7.51. The van der Waals surface area contributed by atoms with E-state index in [9.17, 15) is 14.3 Å². The molecule has 0 aliphatic carbocycles. The minimum absolute atomic E-state index is 0.0000529. The monoisotopic (exact) mass is 389 g/mol. The van der Waals surface area contributed by atoms with Crippen molar-refractivity contribution in [3.05, 3.63) is 83.6 Å². The van der Waals surface area contributed by atoms with Gasteiger partial charge in [0.2, 0.25) is 0 Å². The van der Waals surface area contributed by atoms with Gasteiger partial charge in [-0.2, -0.15) is 0 Å². The maximum atomic E-state index is 13.5. The van der Waals surface area contributed by atoms with E-state index in [0.29, 0.717) is 30.5 Å². The number of hydrogen-bond donors (Lipinski definition) is 1. The van der Waals surface area contributed by atoms with E-state index in [1.54, 1.807) is 0 Å². The molecule has 0 radical (unpaired) electrons. The van der Waals surface area contributed by atoms with Crippen LogP contribution in [0.15, 0.2) is 66.9 Å². The number of alkyl halides is 1. The molecule has 0 unspecified atom stereocenters. The molecule has 3 aromatic carbocycles. The zero-order valence-electron chi connectivity index (χ0n) is 16.4. The van der Waals surface area contributed by atoms with E-state index < -0.39 is 12.8 Å². The van der Waals surface area contributed by atoms with Crippen LogP contribution in [-0.4, -0.2) is 28.2 Å². The molecule has 0 saturated carbocycles. The minimum atomic E-state index is -0.920. The largest absolute Gasteiger partial charge is 0.390 e. The fourth-order valence-electron chi connectivity index (χ4n) is 3.98. The van der Waals surface area contributed by atoms with Gasteiger partial charge in [0.05, 0.1) is 6.10 Å². The number of hydrogen-bond acceptors (Lipinski definition) is 2. The van der Waals surface area contributed by atoms with Gasteiger partial charge < -0.3 is 9.67 Å². The number of para-hydroxylation sites is 1. The Labute approximate surface area is 169 Å². The van der Waals surface area contributed by atoms with Crippen molar-refractivity contribution in [3.8, 4) is 0 Å². The molecule has 29 heavy (non-hydrogen) atoms. The molecule has 1 heterocycles. The molecule has 3 nitrogen and oxygen atoms in total. The van der Waals surface area contributed by atoms with Crippen LogP contribution in [0.4, 0.5) is 4.39 Å². The Balaban J connectivity index is 1.75. The molecule has 1 atom stereocenters. The van der Waals surface area contributed by atoms with E-state index in [4.69, 9.17) is 0 Å². The number of ketones is 1. The first-order chi connectivity index (χ1) is 14.1. The van der Waals surface area contributed by atoms with Crippen molar-refractivity contribution in [2.75, 3.05) is 6.67 Å². The first kappa shape index (κ1) is 19.3. The average Bonchev–Trinajstić information content (AvgIpc) is 3.12. The number of rotatable bonds is 7. The third-order valence-electron chi connectivity index (χ3n) is 5.53. The maximum absolute atomic E-state index is 13.5. The number of halogens is 1. The van der Waals surface area contributed by atoms with Crippen molar-refractivity contribution in [2.45, 2.75) is 32.4 Å². The Hall–Kier alpha value is -2.98. The predicted octanol–water partition coefficient (Wildman–Crippen LogP) is 5.44. The highest BCUT2D eigenvalue weighted by Gasteiger charge is 2.19.